The van der Waals surface area contributed by atoms with Gasteiger partial charge in [0.2, 0.25) is 10.0 Å². The van der Waals surface area contributed by atoms with Crippen LogP contribution >= 0.6 is 0 Å². The van der Waals surface area contributed by atoms with Crippen molar-refractivity contribution in [3.63, 3.8) is 0 Å². The van der Waals surface area contributed by atoms with Crippen molar-refractivity contribution in [2.75, 3.05) is 18.5 Å². The Morgan fingerprint density at radius 1 is 1.31 bits per heavy atom. The van der Waals surface area contributed by atoms with Gasteiger partial charge in [0.05, 0.1) is 9.82 Å². The lowest BCUT2D eigenvalue weighted by molar-refractivity contribution is -0.384. The van der Waals surface area contributed by atoms with Crippen molar-refractivity contribution in [2.45, 2.75) is 51.3 Å². The fraction of sp³-hybridized carbons (Fsp3) is 0.588. The zero-order valence-electron chi connectivity index (χ0n) is 15.4. The summed E-state index contributed by atoms with van der Waals surface area (Å²) < 4.78 is 26.4. The Bertz CT molecular complexity index is 788. The van der Waals surface area contributed by atoms with Gasteiger partial charge < -0.3 is 0 Å². The highest BCUT2D eigenvalue weighted by Gasteiger charge is 2.26. The van der Waals surface area contributed by atoms with Gasteiger partial charge in [-0.15, -0.1) is 0 Å². The molecule has 0 aliphatic heterocycles. The molecule has 1 aromatic rings. The minimum Gasteiger partial charge on any atom is -0.272 e. The van der Waals surface area contributed by atoms with Crippen LogP contribution in [0, 0.1) is 16.0 Å². The number of nitro groups is 1. The van der Waals surface area contributed by atoms with Gasteiger partial charge in [-0.2, -0.15) is 9.41 Å². The number of anilines is 1. The van der Waals surface area contributed by atoms with Crippen LogP contribution in [0.25, 0.3) is 0 Å². The molecule has 0 saturated heterocycles. The van der Waals surface area contributed by atoms with Crippen LogP contribution in [0.15, 0.2) is 28.2 Å². The van der Waals surface area contributed by atoms with Crippen molar-refractivity contribution in [3.05, 3.63) is 28.3 Å². The molecule has 0 amide bonds. The molecule has 9 heteroatoms. The Morgan fingerprint density at radius 3 is 2.58 bits per heavy atom. The zero-order chi connectivity index (χ0) is 19.3. The number of hydrogen-bond donors (Lipinski definition) is 1. The van der Waals surface area contributed by atoms with E-state index < -0.39 is 14.9 Å². The molecular formula is C17H26N4O4S. The summed E-state index contributed by atoms with van der Waals surface area (Å²) in [5.74, 6) is 0.345. The number of hydrogen-bond acceptors (Lipinski definition) is 6. The fourth-order valence-corrected chi connectivity index (χ4v) is 4.58. The van der Waals surface area contributed by atoms with Crippen molar-refractivity contribution >= 4 is 27.1 Å². The molecule has 1 saturated carbocycles. The van der Waals surface area contributed by atoms with Gasteiger partial charge in [0.25, 0.3) is 5.69 Å². The standard InChI is InChI=1S/C17H26N4O4S/c1-4-20(5-2)26(24,25)14-10-11-16(17(12-14)21(22)23)19-18-15-9-7-6-8-13(15)3/h10-13,19H,4-9H2,1-3H3. The van der Waals surface area contributed by atoms with Crippen LogP contribution in [0.2, 0.25) is 0 Å². The summed E-state index contributed by atoms with van der Waals surface area (Å²) in [6.45, 7) is 6.16. The summed E-state index contributed by atoms with van der Waals surface area (Å²) in [6.07, 6.45) is 4.16. The molecule has 0 aromatic heterocycles. The summed E-state index contributed by atoms with van der Waals surface area (Å²) in [7, 11) is -3.75. The highest BCUT2D eigenvalue weighted by Crippen LogP contribution is 2.29. The molecule has 0 bridgehead atoms. The van der Waals surface area contributed by atoms with Crippen LogP contribution in [0.4, 0.5) is 11.4 Å². The van der Waals surface area contributed by atoms with E-state index in [4.69, 9.17) is 0 Å². The van der Waals surface area contributed by atoms with Gasteiger partial charge in [-0.05, 0) is 37.3 Å². The van der Waals surface area contributed by atoms with Crippen molar-refractivity contribution < 1.29 is 13.3 Å². The first kappa shape index (κ1) is 20.3. The van der Waals surface area contributed by atoms with Gasteiger partial charge in [0.1, 0.15) is 5.69 Å². The van der Waals surface area contributed by atoms with E-state index in [0.717, 1.165) is 37.5 Å². The first-order valence-corrected chi connectivity index (χ1v) is 10.4. The van der Waals surface area contributed by atoms with E-state index in [1.54, 1.807) is 13.8 Å². The van der Waals surface area contributed by atoms with Gasteiger partial charge >= 0.3 is 0 Å². The van der Waals surface area contributed by atoms with Gasteiger partial charge in [0, 0.05) is 24.9 Å². The molecule has 1 fully saturated rings. The molecular weight excluding hydrogens is 356 g/mol. The Balaban J connectivity index is 2.35. The van der Waals surface area contributed by atoms with Gasteiger partial charge in [-0.25, -0.2) is 8.42 Å². The Morgan fingerprint density at radius 2 is 2.00 bits per heavy atom. The topological polar surface area (TPSA) is 105 Å². The smallest absolute Gasteiger partial charge is 0.272 e. The summed E-state index contributed by atoms with van der Waals surface area (Å²) >= 11 is 0. The second-order valence-corrected chi connectivity index (χ2v) is 8.33. The summed E-state index contributed by atoms with van der Waals surface area (Å²) in [6, 6.07) is 3.89. The quantitative estimate of drug-likeness (QED) is 0.573. The second-order valence-electron chi connectivity index (χ2n) is 6.39. The molecule has 2 rings (SSSR count). The van der Waals surface area contributed by atoms with Crippen LogP contribution in [-0.2, 0) is 10.0 Å². The molecule has 1 N–H and O–H groups in total. The maximum Gasteiger partial charge on any atom is 0.295 e. The van der Waals surface area contributed by atoms with Crippen LogP contribution in [0.3, 0.4) is 0 Å². The van der Waals surface area contributed by atoms with E-state index >= 15 is 0 Å². The van der Waals surface area contributed by atoms with Crippen molar-refractivity contribution in [1.82, 2.24) is 4.31 Å². The predicted octanol–water partition coefficient (Wildman–Crippen LogP) is 3.60. The number of nitrogens with one attached hydrogen (secondary N) is 1. The van der Waals surface area contributed by atoms with E-state index in [1.807, 2.05) is 0 Å². The Kier molecular flexibility index (Phi) is 6.71. The summed E-state index contributed by atoms with van der Waals surface area (Å²) in [4.78, 5) is 10.8. The molecule has 1 aliphatic carbocycles. The van der Waals surface area contributed by atoms with Gasteiger partial charge in [-0.3, -0.25) is 15.5 Å². The van der Waals surface area contributed by atoms with Crippen molar-refractivity contribution in [1.29, 1.82) is 0 Å². The third-order valence-corrected chi connectivity index (χ3v) is 6.76. The van der Waals surface area contributed by atoms with E-state index in [2.05, 4.69) is 17.5 Å². The maximum atomic E-state index is 12.6. The van der Waals surface area contributed by atoms with Gasteiger partial charge in [0.15, 0.2) is 0 Å². The predicted molar refractivity (Wildman–Crippen MR) is 102 cm³/mol. The van der Waals surface area contributed by atoms with Crippen molar-refractivity contribution in [2.24, 2.45) is 11.0 Å². The molecule has 1 aliphatic rings. The minimum absolute atomic E-state index is 0.0860. The number of rotatable bonds is 7. The number of benzene rings is 1. The lowest BCUT2D eigenvalue weighted by Gasteiger charge is -2.20. The fourth-order valence-electron chi connectivity index (χ4n) is 3.10. The normalized spacial score (nSPS) is 19.7. The van der Waals surface area contributed by atoms with Crippen LogP contribution in [0.5, 0.6) is 0 Å². The number of nitro benzene ring substituents is 1. The largest absolute Gasteiger partial charge is 0.295 e. The molecule has 0 radical (unpaired) electrons. The maximum absolute atomic E-state index is 12.6. The molecule has 0 heterocycles. The molecule has 26 heavy (non-hydrogen) atoms. The van der Waals surface area contributed by atoms with Crippen molar-refractivity contribution in [3.8, 4) is 0 Å². The van der Waals surface area contributed by atoms with E-state index in [-0.39, 0.29) is 16.3 Å². The molecule has 144 valence electrons. The average molecular weight is 382 g/mol. The molecule has 0 spiro atoms. The first-order valence-electron chi connectivity index (χ1n) is 8.92. The lowest BCUT2D eigenvalue weighted by atomic mass is 9.89. The highest BCUT2D eigenvalue weighted by molar-refractivity contribution is 7.89. The third-order valence-electron chi connectivity index (χ3n) is 4.72. The molecule has 1 atom stereocenters. The number of hydrazone groups is 1. The molecule has 8 nitrogen and oxygen atoms in total. The summed E-state index contributed by atoms with van der Waals surface area (Å²) in [5, 5.41) is 15.8. The van der Waals surface area contributed by atoms with E-state index in [1.165, 1.54) is 16.4 Å². The highest BCUT2D eigenvalue weighted by atomic mass is 32.2. The second kappa shape index (κ2) is 8.59. The first-order chi connectivity index (χ1) is 12.3. The van der Waals surface area contributed by atoms with E-state index in [9.17, 15) is 18.5 Å². The lowest BCUT2D eigenvalue weighted by Crippen LogP contribution is -2.30. The Labute approximate surface area is 154 Å². The zero-order valence-corrected chi connectivity index (χ0v) is 16.3. The van der Waals surface area contributed by atoms with E-state index in [0.29, 0.717) is 19.0 Å². The monoisotopic (exact) mass is 382 g/mol. The summed E-state index contributed by atoms with van der Waals surface area (Å²) in [5.41, 5.74) is 3.65. The molecule has 1 aromatic carbocycles. The number of nitrogens with zero attached hydrogens (tertiary/aromatic N) is 3. The Hall–Kier alpha value is -2.00. The van der Waals surface area contributed by atoms with Crippen LogP contribution in [0.1, 0.15) is 46.5 Å². The van der Waals surface area contributed by atoms with Crippen LogP contribution in [-0.4, -0.2) is 36.4 Å². The van der Waals surface area contributed by atoms with Gasteiger partial charge in [-0.1, -0.05) is 27.2 Å². The molecule has 1 unspecified atom stereocenters. The average Bonchev–Trinajstić information content (AvgIpc) is 2.61. The van der Waals surface area contributed by atoms with Crippen LogP contribution < -0.4 is 5.43 Å². The minimum atomic E-state index is -3.75. The third kappa shape index (κ3) is 4.39. The SMILES string of the molecule is CCN(CC)S(=O)(=O)c1ccc(NN=C2CCCCC2C)c([N+](=O)[O-])c1. The number of sulfonamides is 1.